The second-order valence-electron chi connectivity index (χ2n) is 13.7. The molecule has 9 aromatic carbocycles. The molecule has 0 bridgehead atoms. The third kappa shape index (κ3) is 4.85. The monoisotopic (exact) mass is 708 g/mol. The molecule has 2 aromatic heterocycles. The maximum absolute atomic E-state index is 8.67. The van der Waals surface area contributed by atoms with Gasteiger partial charge in [0.05, 0.1) is 5.48 Å². The molecule has 0 fully saturated rings. The molecule has 0 N–H and O–H groups in total. The number of benzene rings is 9. The lowest BCUT2D eigenvalue weighted by Gasteiger charge is -2.18. The Morgan fingerprint density at radius 2 is 0.907 bits per heavy atom. The van der Waals surface area contributed by atoms with Gasteiger partial charge in [-0.25, -0.2) is 0 Å². The van der Waals surface area contributed by atoms with Crippen LogP contribution in [0.2, 0.25) is 0 Å². The van der Waals surface area contributed by atoms with Crippen molar-refractivity contribution < 1.29 is 9.90 Å². The highest BCUT2D eigenvalue weighted by molar-refractivity contribution is 7.26. The summed E-state index contributed by atoms with van der Waals surface area (Å²) in [4.78, 5) is 0. The summed E-state index contributed by atoms with van der Waals surface area (Å²) in [5.74, 6) is 0.798. The molecule has 2 heteroatoms. The predicted molar refractivity (Wildman–Crippen MR) is 231 cm³/mol. The van der Waals surface area contributed by atoms with E-state index in [4.69, 9.17) is 9.90 Å². The van der Waals surface area contributed by atoms with Gasteiger partial charge in [-0.05, 0) is 78.7 Å². The van der Waals surface area contributed by atoms with Gasteiger partial charge in [-0.1, -0.05) is 176 Å². The third-order valence-corrected chi connectivity index (χ3v) is 11.8. The first-order valence-electron chi connectivity index (χ1n) is 20.1. The van der Waals surface area contributed by atoms with Crippen molar-refractivity contribution in [3.8, 4) is 55.8 Å². The molecule has 2 heterocycles. The summed E-state index contributed by atoms with van der Waals surface area (Å²) in [6, 6.07) is 59.1. The lowest BCUT2D eigenvalue weighted by atomic mass is 9.85. The highest BCUT2D eigenvalue weighted by Gasteiger charge is 2.21. The van der Waals surface area contributed by atoms with E-state index in [2.05, 4.69) is 140 Å². The Hall–Kier alpha value is -6.74. The molecule has 0 radical (unpaired) electrons. The molecule has 54 heavy (non-hydrogen) atoms. The second-order valence-corrected chi connectivity index (χ2v) is 14.7. The SMILES string of the molecule is [2H]c1c([2H])c([2H])c2c(sc3c(-c4ccc5c(-c6ccc(-c7c8ccccc8c(-c8ccccc8)c8ccccc78)cc6)c(-c6ccccc6)oc5c4)cccc32)c1[2H]. The van der Waals surface area contributed by atoms with E-state index in [9.17, 15) is 0 Å². The summed E-state index contributed by atoms with van der Waals surface area (Å²) in [7, 11) is 0. The van der Waals surface area contributed by atoms with Gasteiger partial charge in [0, 0.05) is 36.7 Å². The smallest absolute Gasteiger partial charge is 0.143 e. The predicted octanol–water partition coefficient (Wildman–Crippen LogP) is 15.4. The lowest BCUT2D eigenvalue weighted by Crippen LogP contribution is -1.90. The van der Waals surface area contributed by atoms with Crippen molar-refractivity contribution in [3.63, 3.8) is 0 Å². The van der Waals surface area contributed by atoms with Gasteiger partial charge in [-0.2, -0.15) is 0 Å². The summed E-state index contributed by atoms with van der Waals surface area (Å²) >= 11 is 1.41. The summed E-state index contributed by atoms with van der Waals surface area (Å²) in [5.41, 5.74) is 10.5. The molecule has 0 unspecified atom stereocenters. The van der Waals surface area contributed by atoms with Crippen molar-refractivity contribution in [1.29, 1.82) is 0 Å². The minimum Gasteiger partial charge on any atom is -0.455 e. The first-order chi connectivity index (χ1) is 28.5. The first kappa shape index (κ1) is 26.9. The molecule has 11 rings (SSSR count). The van der Waals surface area contributed by atoms with Crippen LogP contribution in [0.4, 0.5) is 0 Å². The number of fused-ring (bicyclic) bond motifs is 6. The zero-order chi connectivity index (χ0) is 39.1. The average molecular weight is 709 g/mol. The van der Waals surface area contributed by atoms with Crippen LogP contribution in [-0.2, 0) is 0 Å². The van der Waals surface area contributed by atoms with Crippen LogP contribution in [-0.4, -0.2) is 0 Å². The van der Waals surface area contributed by atoms with Gasteiger partial charge in [-0.3, -0.25) is 0 Å². The fourth-order valence-electron chi connectivity index (χ4n) is 8.24. The Balaban J connectivity index is 1.08. The van der Waals surface area contributed by atoms with E-state index < -0.39 is 0 Å². The van der Waals surface area contributed by atoms with Crippen molar-refractivity contribution in [1.82, 2.24) is 0 Å². The van der Waals surface area contributed by atoms with Crippen molar-refractivity contribution >= 4 is 64.0 Å². The molecule has 0 saturated carbocycles. The fraction of sp³-hybridized carbons (Fsp3) is 0. The zero-order valence-corrected chi connectivity index (χ0v) is 29.8. The normalized spacial score (nSPS) is 12.7. The maximum Gasteiger partial charge on any atom is 0.143 e. The van der Waals surface area contributed by atoms with Crippen molar-refractivity contribution in [2.24, 2.45) is 0 Å². The van der Waals surface area contributed by atoms with Crippen molar-refractivity contribution in [3.05, 3.63) is 194 Å². The fourth-order valence-corrected chi connectivity index (χ4v) is 9.39. The third-order valence-electron chi connectivity index (χ3n) is 10.6. The first-order valence-corrected chi connectivity index (χ1v) is 18.9. The van der Waals surface area contributed by atoms with Crippen LogP contribution >= 0.6 is 11.3 Å². The quantitative estimate of drug-likeness (QED) is 0.162. The van der Waals surface area contributed by atoms with Crippen LogP contribution in [0.25, 0.3) is 109 Å². The Kier molecular flexibility index (Phi) is 6.21. The number of hydrogen-bond donors (Lipinski definition) is 0. The van der Waals surface area contributed by atoms with Gasteiger partial charge in [0.25, 0.3) is 0 Å². The van der Waals surface area contributed by atoms with Crippen LogP contribution in [0.15, 0.2) is 198 Å². The van der Waals surface area contributed by atoms with Crippen LogP contribution in [0.5, 0.6) is 0 Å². The zero-order valence-electron chi connectivity index (χ0n) is 33.0. The average Bonchev–Trinajstić information content (AvgIpc) is 3.87. The summed E-state index contributed by atoms with van der Waals surface area (Å²) in [5, 5.41) is 7.27. The molecule has 0 saturated heterocycles. The maximum atomic E-state index is 8.67. The van der Waals surface area contributed by atoms with E-state index in [1.807, 2.05) is 30.3 Å². The minimum atomic E-state index is -0.212. The van der Waals surface area contributed by atoms with Crippen LogP contribution in [0.1, 0.15) is 5.48 Å². The topological polar surface area (TPSA) is 13.1 Å². The van der Waals surface area contributed by atoms with Crippen LogP contribution in [0, 0.1) is 0 Å². The number of thiophene rings is 1. The van der Waals surface area contributed by atoms with E-state index in [1.165, 1.54) is 49.6 Å². The molecule has 0 aliphatic carbocycles. The highest BCUT2D eigenvalue weighted by Crippen LogP contribution is 2.47. The Labute approximate surface area is 322 Å². The molecule has 252 valence electrons. The lowest BCUT2D eigenvalue weighted by molar-refractivity contribution is 0.632. The molecular weight excluding hydrogens is 673 g/mol. The van der Waals surface area contributed by atoms with Crippen molar-refractivity contribution in [2.45, 2.75) is 0 Å². The summed E-state index contributed by atoms with van der Waals surface area (Å²) in [6.07, 6.45) is 0. The van der Waals surface area contributed by atoms with Crippen LogP contribution < -0.4 is 0 Å². The molecule has 0 spiro atoms. The van der Waals surface area contributed by atoms with Crippen LogP contribution in [0.3, 0.4) is 0 Å². The molecule has 0 aliphatic heterocycles. The highest BCUT2D eigenvalue weighted by atomic mass is 32.1. The van der Waals surface area contributed by atoms with Crippen molar-refractivity contribution in [2.75, 3.05) is 0 Å². The summed E-state index contributed by atoms with van der Waals surface area (Å²) in [6.45, 7) is 0. The summed E-state index contributed by atoms with van der Waals surface area (Å²) < 4.78 is 42.2. The van der Waals surface area contributed by atoms with Gasteiger partial charge < -0.3 is 4.42 Å². The van der Waals surface area contributed by atoms with Gasteiger partial charge in [0.15, 0.2) is 0 Å². The van der Waals surface area contributed by atoms with E-state index >= 15 is 0 Å². The van der Waals surface area contributed by atoms with E-state index in [1.54, 1.807) is 0 Å². The number of hydrogen-bond acceptors (Lipinski definition) is 2. The minimum absolute atomic E-state index is 0.00151. The number of furan rings is 1. The van der Waals surface area contributed by atoms with E-state index in [0.717, 1.165) is 60.2 Å². The largest absolute Gasteiger partial charge is 0.455 e. The molecule has 11 aromatic rings. The van der Waals surface area contributed by atoms with Gasteiger partial charge >= 0.3 is 0 Å². The molecule has 0 aliphatic rings. The Morgan fingerprint density at radius 3 is 1.56 bits per heavy atom. The molecular formula is C52H32OS. The Bertz CT molecular complexity index is 3370. The van der Waals surface area contributed by atoms with E-state index in [-0.39, 0.29) is 24.2 Å². The Morgan fingerprint density at radius 1 is 0.389 bits per heavy atom. The second kappa shape index (κ2) is 12.4. The number of rotatable bonds is 5. The molecule has 0 amide bonds. The van der Waals surface area contributed by atoms with Gasteiger partial charge in [0.2, 0.25) is 0 Å². The van der Waals surface area contributed by atoms with Gasteiger partial charge in [0.1, 0.15) is 11.3 Å². The molecule has 1 nitrogen and oxygen atoms in total. The molecule has 0 atom stereocenters. The van der Waals surface area contributed by atoms with Gasteiger partial charge in [-0.15, -0.1) is 11.3 Å². The standard InChI is InChI=1S/C52H32OS/c1-3-14-33(15-4-1)48-40-19-7-9-21-42(40)49(43-22-10-8-20-41(43)48)34-26-28-35(29-27-34)50-45-31-30-37(32-46(45)53-51(50)36-16-5-2-6-17-36)38-23-13-24-44-39-18-11-12-25-47(39)54-52(38)44/h1-32H/i11D,12D,18D,25D. The van der Waals surface area contributed by atoms with E-state index in [0.29, 0.717) is 10.1 Å².